The first-order valence-electron chi connectivity index (χ1n) is 6.75. The summed E-state index contributed by atoms with van der Waals surface area (Å²) in [5.41, 5.74) is 4.98. The molecule has 0 saturated heterocycles. The van der Waals surface area contributed by atoms with Gasteiger partial charge in [-0.15, -0.1) is 0 Å². The highest BCUT2D eigenvalue weighted by Gasteiger charge is 2.15. The summed E-state index contributed by atoms with van der Waals surface area (Å²) in [6, 6.07) is 11.6. The van der Waals surface area contributed by atoms with E-state index in [-0.39, 0.29) is 6.79 Å². The maximum absolute atomic E-state index is 5.36. The molecular weight excluding hydrogens is 348 g/mol. The van der Waals surface area contributed by atoms with E-state index in [1.807, 2.05) is 36.4 Å². The molecule has 22 heavy (non-hydrogen) atoms. The molecule has 3 rings (SSSR count). The summed E-state index contributed by atoms with van der Waals surface area (Å²) in [7, 11) is 1.66. The van der Waals surface area contributed by atoms with Crippen LogP contribution in [0.1, 0.15) is 11.1 Å². The molecule has 5 nitrogen and oxygen atoms in total. The van der Waals surface area contributed by atoms with Gasteiger partial charge in [0.05, 0.1) is 19.9 Å². The van der Waals surface area contributed by atoms with Gasteiger partial charge in [-0.05, 0) is 34.1 Å². The molecule has 0 bridgehead atoms. The van der Waals surface area contributed by atoms with Crippen LogP contribution in [0, 0.1) is 0 Å². The lowest BCUT2D eigenvalue weighted by Crippen LogP contribution is -2.07. The van der Waals surface area contributed by atoms with Crippen molar-refractivity contribution in [2.75, 3.05) is 13.9 Å². The third-order valence-corrected chi connectivity index (χ3v) is 3.94. The number of fused-ring (bicyclic) bond motifs is 1. The molecule has 1 N–H and O–H groups in total. The van der Waals surface area contributed by atoms with Crippen LogP contribution in [0.15, 0.2) is 46.0 Å². The molecule has 2 aromatic carbocycles. The standard InChI is InChI=1S/C16H15BrN2O3/c1-20-14-5-3-2-4-11(14)8-18-19-9-12-6-15-16(7-13(12)17)22-10-21-15/h2-7,9,18H,8,10H2,1H3/b19-9+. The Bertz CT molecular complexity index is 704. The fraction of sp³-hybridized carbons (Fsp3) is 0.188. The molecule has 114 valence electrons. The molecule has 0 radical (unpaired) electrons. The summed E-state index contributed by atoms with van der Waals surface area (Å²) in [5.74, 6) is 2.31. The van der Waals surface area contributed by atoms with Crippen molar-refractivity contribution in [3.8, 4) is 17.2 Å². The Hall–Kier alpha value is -2.21. The number of methoxy groups -OCH3 is 1. The van der Waals surface area contributed by atoms with E-state index in [4.69, 9.17) is 14.2 Å². The monoisotopic (exact) mass is 362 g/mol. The van der Waals surface area contributed by atoms with Gasteiger partial charge in [0.1, 0.15) is 5.75 Å². The van der Waals surface area contributed by atoms with Crippen LogP contribution in [-0.2, 0) is 6.54 Å². The zero-order valence-electron chi connectivity index (χ0n) is 12.0. The fourth-order valence-corrected chi connectivity index (χ4v) is 2.55. The van der Waals surface area contributed by atoms with E-state index in [2.05, 4.69) is 26.5 Å². The van der Waals surface area contributed by atoms with Crippen LogP contribution in [0.4, 0.5) is 0 Å². The van der Waals surface area contributed by atoms with Crippen LogP contribution in [0.2, 0.25) is 0 Å². The van der Waals surface area contributed by atoms with Crippen LogP contribution in [-0.4, -0.2) is 20.1 Å². The summed E-state index contributed by atoms with van der Waals surface area (Å²) >= 11 is 3.50. The smallest absolute Gasteiger partial charge is 0.231 e. The number of hydrogen-bond acceptors (Lipinski definition) is 5. The highest BCUT2D eigenvalue weighted by molar-refractivity contribution is 9.10. The fourth-order valence-electron chi connectivity index (χ4n) is 2.13. The molecule has 0 fully saturated rings. The summed E-state index contributed by atoms with van der Waals surface area (Å²) in [5, 5.41) is 4.24. The molecule has 1 heterocycles. The van der Waals surface area contributed by atoms with Gasteiger partial charge in [-0.2, -0.15) is 5.10 Å². The number of ether oxygens (including phenoxy) is 3. The molecule has 0 saturated carbocycles. The van der Waals surface area contributed by atoms with Crippen LogP contribution >= 0.6 is 15.9 Å². The van der Waals surface area contributed by atoms with Crippen molar-refractivity contribution in [1.29, 1.82) is 0 Å². The topological polar surface area (TPSA) is 52.1 Å². The van der Waals surface area contributed by atoms with E-state index >= 15 is 0 Å². The highest BCUT2D eigenvalue weighted by atomic mass is 79.9. The van der Waals surface area contributed by atoms with Gasteiger partial charge in [-0.25, -0.2) is 0 Å². The van der Waals surface area contributed by atoms with Gasteiger partial charge in [-0.3, -0.25) is 0 Å². The number of benzene rings is 2. The van der Waals surface area contributed by atoms with E-state index in [9.17, 15) is 0 Å². The minimum absolute atomic E-state index is 0.258. The first kappa shape index (κ1) is 14.7. The van der Waals surface area contributed by atoms with E-state index in [1.54, 1.807) is 13.3 Å². The van der Waals surface area contributed by atoms with Crippen molar-refractivity contribution in [3.63, 3.8) is 0 Å². The molecule has 0 amide bonds. The van der Waals surface area contributed by atoms with E-state index in [1.165, 1.54) is 0 Å². The molecule has 0 spiro atoms. The summed E-state index contributed by atoms with van der Waals surface area (Å²) in [4.78, 5) is 0. The van der Waals surface area contributed by atoms with Crippen LogP contribution in [0.3, 0.4) is 0 Å². The Balaban J connectivity index is 1.65. The lowest BCUT2D eigenvalue weighted by molar-refractivity contribution is 0.174. The molecule has 0 aromatic heterocycles. The molecule has 2 aromatic rings. The maximum atomic E-state index is 5.36. The quantitative estimate of drug-likeness (QED) is 0.654. The van der Waals surface area contributed by atoms with Crippen molar-refractivity contribution in [3.05, 3.63) is 52.0 Å². The van der Waals surface area contributed by atoms with E-state index in [0.717, 1.165) is 32.8 Å². The van der Waals surface area contributed by atoms with Crippen molar-refractivity contribution in [2.24, 2.45) is 5.10 Å². The average molecular weight is 363 g/mol. The molecule has 1 aliphatic rings. The molecule has 6 heteroatoms. The lowest BCUT2D eigenvalue weighted by Gasteiger charge is -2.07. The average Bonchev–Trinajstić information content (AvgIpc) is 2.99. The lowest BCUT2D eigenvalue weighted by atomic mass is 10.2. The number of rotatable bonds is 5. The van der Waals surface area contributed by atoms with Gasteiger partial charge in [0.2, 0.25) is 6.79 Å². The van der Waals surface area contributed by atoms with E-state index in [0.29, 0.717) is 6.54 Å². The predicted molar refractivity (Wildman–Crippen MR) is 87.7 cm³/mol. The van der Waals surface area contributed by atoms with Gasteiger partial charge in [0.15, 0.2) is 11.5 Å². The normalized spacial score (nSPS) is 12.6. The zero-order valence-corrected chi connectivity index (χ0v) is 13.6. The van der Waals surface area contributed by atoms with Gasteiger partial charge in [0, 0.05) is 15.6 Å². The highest BCUT2D eigenvalue weighted by Crippen LogP contribution is 2.36. The Morgan fingerprint density at radius 2 is 2.05 bits per heavy atom. The second kappa shape index (κ2) is 6.70. The second-order valence-corrected chi connectivity index (χ2v) is 5.49. The third kappa shape index (κ3) is 3.17. The van der Waals surface area contributed by atoms with Gasteiger partial charge in [-0.1, -0.05) is 18.2 Å². The predicted octanol–water partition coefficient (Wildman–Crippen LogP) is 3.31. The van der Waals surface area contributed by atoms with E-state index < -0.39 is 0 Å². The maximum Gasteiger partial charge on any atom is 0.231 e. The third-order valence-electron chi connectivity index (χ3n) is 3.25. The number of hydrazone groups is 1. The molecule has 0 unspecified atom stereocenters. The Labute approximate surface area is 137 Å². The van der Waals surface area contributed by atoms with Crippen molar-refractivity contribution in [1.82, 2.24) is 5.43 Å². The number of hydrogen-bond donors (Lipinski definition) is 1. The number of nitrogens with one attached hydrogen (secondary N) is 1. The van der Waals surface area contributed by atoms with Crippen LogP contribution < -0.4 is 19.6 Å². The van der Waals surface area contributed by atoms with Crippen LogP contribution in [0.5, 0.6) is 17.2 Å². The minimum Gasteiger partial charge on any atom is -0.496 e. The summed E-state index contributed by atoms with van der Waals surface area (Å²) in [6.45, 7) is 0.844. The molecule has 0 aliphatic carbocycles. The first-order chi connectivity index (χ1) is 10.8. The van der Waals surface area contributed by atoms with Crippen molar-refractivity contribution >= 4 is 22.1 Å². The van der Waals surface area contributed by atoms with Crippen molar-refractivity contribution < 1.29 is 14.2 Å². The molecule has 1 aliphatic heterocycles. The number of halogens is 1. The van der Waals surface area contributed by atoms with Crippen molar-refractivity contribution in [2.45, 2.75) is 6.54 Å². The zero-order chi connectivity index (χ0) is 15.4. The Morgan fingerprint density at radius 3 is 2.86 bits per heavy atom. The summed E-state index contributed by atoms with van der Waals surface area (Å²) in [6.07, 6.45) is 1.74. The van der Waals surface area contributed by atoms with Gasteiger partial charge >= 0.3 is 0 Å². The van der Waals surface area contributed by atoms with Gasteiger partial charge in [0.25, 0.3) is 0 Å². The largest absolute Gasteiger partial charge is 0.496 e. The SMILES string of the molecule is COc1ccccc1CN/N=C/c1cc2c(cc1Br)OCO2. The second-order valence-electron chi connectivity index (χ2n) is 4.63. The first-order valence-corrected chi connectivity index (χ1v) is 7.54. The van der Waals surface area contributed by atoms with Gasteiger partial charge < -0.3 is 19.6 Å². The van der Waals surface area contributed by atoms with Crippen LogP contribution in [0.25, 0.3) is 0 Å². The summed E-state index contributed by atoms with van der Waals surface area (Å²) < 4.78 is 16.9. The minimum atomic E-state index is 0.258. The molecular formula is C16H15BrN2O3. The number of para-hydroxylation sites is 1. The number of nitrogens with zero attached hydrogens (tertiary/aromatic N) is 1. The Kier molecular flexibility index (Phi) is 4.48. The molecule has 0 atom stereocenters. The Morgan fingerprint density at radius 1 is 1.27 bits per heavy atom.